The summed E-state index contributed by atoms with van der Waals surface area (Å²) >= 11 is 0. The third-order valence-electron chi connectivity index (χ3n) is 6.84. The number of aromatic nitrogens is 1. The fraction of sp³-hybridized carbons (Fsp3) is 0.538. The molecule has 3 rings (SSSR count). The van der Waals surface area contributed by atoms with Crippen LogP contribution in [0.1, 0.15) is 60.3 Å². The molecule has 18 heteroatoms. The third kappa shape index (κ3) is 7.30. The first kappa shape index (κ1) is 34.3. The molecule has 0 saturated carbocycles. The highest BCUT2D eigenvalue weighted by Gasteiger charge is 2.47. The molecule has 2 heterocycles. The van der Waals surface area contributed by atoms with Gasteiger partial charge in [0.05, 0.1) is 40.8 Å². The molecule has 0 radical (unpaired) electrons. The Morgan fingerprint density at radius 2 is 1.66 bits per heavy atom. The summed E-state index contributed by atoms with van der Waals surface area (Å²) in [6, 6.07) is -1.54. The summed E-state index contributed by atoms with van der Waals surface area (Å²) in [5.41, 5.74) is -9.58. The van der Waals surface area contributed by atoms with E-state index in [-0.39, 0.29) is 18.7 Å². The predicted molar refractivity (Wildman–Crippen MR) is 134 cm³/mol. The average Bonchev–Trinajstić information content (AvgIpc) is 3.48. The predicted octanol–water partition coefficient (Wildman–Crippen LogP) is 4.91. The minimum absolute atomic E-state index is 0.113. The van der Waals surface area contributed by atoms with Crippen molar-refractivity contribution < 1.29 is 58.6 Å². The van der Waals surface area contributed by atoms with Gasteiger partial charge in [0.25, 0.3) is 5.91 Å². The molecule has 1 aliphatic heterocycles. The first-order valence-corrected chi connectivity index (χ1v) is 13.0. The number of fused-ring (bicyclic) bond motifs is 1. The molecule has 3 amide bonds. The molecule has 1 aromatic carbocycles. The van der Waals surface area contributed by atoms with Gasteiger partial charge >= 0.3 is 18.5 Å². The summed E-state index contributed by atoms with van der Waals surface area (Å²) in [5.74, 6) is -5.78. The standard InChI is InChI=1S/C26H26F9N5O4/c1-10(2)6-15(22(42)38-12(9-36)7-11-4-5-37-21(11)41)39-23(43)19-17(26(33,34)35)16-18(40-19)13(24(27,28)29)8-14(20(16)44-3)25(30,31)32/h8,10-12,15,40H,4-7H2,1-3H3,(H,37,41)(H,38,42)(H,39,43)/t11?,12?,15-/m0/s1. The lowest BCUT2D eigenvalue weighted by atomic mass is 9.98. The fourth-order valence-electron chi connectivity index (χ4n) is 4.95. The molecular formula is C26H26F9N5O4. The van der Waals surface area contributed by atoms with E-state index in [0.29, 0.717) is 20.1 Å². The van der Waals surface area contributed by atoms with Gasteiger partial charge in [0.2, 0.25) is 11.8 Å². The number of carbonyl (C=O) groups is 3. The zero-order chi connectivity index (χ0) is 33.4. The summed E-state index contributed by atoms with van der Waals surface area (Å²) in [5, 5.41) is 14.6. The van der Waals surface area contributed by atoms with Gasteiger partial charge in [-0.25, -0.2) is 0 Å². The lowest BCUT2D eigenvalue weighted by molar-refractivity contribution is -0.144. The molecule has 1 fully saturated rings. The number of nitriles is 1. The number of carbonyl (C=O) groups excluding carboxylic acids is 3. The molecule has 0 bridgehead atoms. The Morgan fingerprint density at radius 3 is 2.11 bits per heavy atom. The van der Waals surface area contributed by atoms with Gasteiger partial charge in [-0.2, -0.15) is 44.8 Å². The fourth-order valence-corrected chi connectivity index (χ4v) is 4.95. The summed E-state index contributed by atoms with van der Waals surface area (Å²) in [6.07, 6.45) is -16.8. The number of benzene rings is 1. The number of alkyl halides is 9. The molecule has 1 aromatic heterocycles. The smallest absolute Gasteiger partial charge is 0.420 e. The van der Waals surface area contributed by atoms with E-state index in [1.165, 1.54) is 0 Å². The van der Waals surface area contributed by atoms with Crippen LogP contribution in [0.2, 0.25) is 0 Å². The summed E-state index contributed by atoms with van der Waals surface area (Å²) in [6.45, 7) is 3.49. The lowest BCUT2D eigenvalue weighted by Crippen LogP contribution is -2.50. The highest BCUT2D eigenvalue weighted by atomic mass is 19.4. The Balaban J connectivity index is 2.12. The van der Waals surface area contributed by atoms with Crippen LogP contribution in [-0.4, -0.2) is 48.4 Å². The number of nitrogens with zero attached hydrogens (tertiary/aromatic N) is 1. The molecule has 3 atom stereocenters. The summed E-state index contributed by atoms with van der Waals surface area (Å²) in [7, 11) is 0.522. The Morgan fingerprint density at radius 1 is 1.05 bits per heavy atom. The maximum Gasteiger partial charge on any atom is 0.420 e. The zero-order valence-corrected chi connectivity index (χ0v) is 23.2. The number of nitrogens with one attached hydrogen (secondary N) is 4. The van der Waals surface area contributed by atoms with Crippen molar-refractivity contribution in [2.45, 2.75) is 63.7 Å². The summed E-state index contributed by atoms with van der Waals surface area (Å²) in [4.78, 5) is 39.8. The van der Waals surface area contributed by atoms with Gasteiger partial charge in [0.15, 0.2) is 0 Å². The molecule has 4 N–H and O–H groups in total. The number of halogens is 9. The van der Waals surface area contributed by atoms with Crippen LogP contribution in [0.3, 0.4) is 0 Å². The highest BCUT2D eigenvalue weighted by molar-refractivity contribution is 6.06. The van der Waals surface area contributed by atoms with Crippen LogP contribution < -0.4 is 20.7 Å². The second-order valence-electron chi connectivity index (χ2n) is 10.5. The number of hydrogen-bond donors (Lipinski definition) is 4. The van der Waals surface area contributed by atoms with Crippen molar-refractivity contribution in [3.05, 3.63) is 28.5 Å². The second kappa shape index (κ2) is 12.4. The molecule has 9 nitrogen and oxygen atoms in total. The quantitative estimate of drug-likeness (QED) is 0.288. The average molecular weight is 644 g/mol. The van der Waals surface area contributed by atoms with E-state index in [4.69, 9.17) is 0 Å². The van der Waals surface area contributed by atoms with Crippen molar-refractivity contribution in [2.24, 2.45) is 11.8 Å². The van der Waals surface area contributed by atoms with Crippen molar-refractivity contribution in [3.8, 4) is 11.8 Å². The van der Waals surface area contributed by atoms with E-state index in [9.17, 15) is 59.2 Å². The lowest BCUT2D eigenvalue weighted by Gasteiger charge is -2.23. The van der Waals surface area contributed by atoms with Gasteiger partial charge in [-0.15, -0.1) is 0 Å². The van der Waals surface area contributed by atoms with E-state index in [1.807, 2.05) is 5.32 Å². The van der Waals surface area contributed by atoms with E-state index in [1.54, 1.807) is 24.9 Å². The molecule has 1 saturated heterocycles. The van der Waals surface area contributed by atoms with E-state index >= 15 is 0 Å². The van der Waals surface area contributed by atoms with E-state index < -0.39 is 99.4 Å². The van der Waals surface area contributed by atoms with Gasteiger partial charge in [-0.1, -0.05) is 13.8 Å². The number of amides is 3. The minimum atomic E-state index is -5.69. The maximum absolute atomic E-state index is 14.3. The normalized spacial score (nSPS) is 17.3. The van der Waals surface area contributed by atoms with E-state index in [0.717, 1.165) is 0 Å². The molecular weight excluding hydrogens is 617 g/mol. The zero-order valence-electron chi connectivity index (χ0n) is 23.2. The molecule has 0 aliphatic carbocycles. The third-order valence-corrected chi connectivity index (χ3v) is 6.84. The largest absolute Gasteiger partial charge is 0.495 e. The van der Waals surface area contributed by atoms with Crippen LogP contribution in [-0.2, 0) is 28.1 Å². The van der Waals surface area contributed by atoms with Crippen LogP contribution in [0.15, 0.2) is 6.07 Å². The van der Waals surface area contributed by atoms with Crippen LogP contribution in [0.5, 0.6) is 5.75 Å². The van der Waals surface area contributed by atoms with E-state index in [2.05, 4.69) is 15.4 Å². The number of hydrogen-bond acceptors (Lipinski definition) is 5. The number of methoxy groups -OCH3 is 1. The first-order chi connectivity index (χ1) is 20.2. The molecule has 0 spiro atoms. The van der Waals surface area contributed by atoms with Gasteiger partial charge in [0, 0.05) is 12.5 Å². The van der Waals surface area contributed by atoms with Gasteiger partial charge in [-0.3, -0.25) is 14.4 Å². The van der Waals surface area contributed by atoms with Crippen molar-refractivity contribution >= 4 is 28.6 Å². The van der Waals surface area contributed by atoms with Gasteiger partial charge in [-0.05, 0) is 31.2 Å². The van der Waals surface area contributed by atoms with Crippen molar-refractivity contribution in [1.82, 2.24) is 20.9 Å². The molecule has 44 heavy (non-hydrogen) atoms. The number of rotatable bonds is 9. The SMILES string of the molecule is COc1c(C(F)(F)F)cc(C(F)(F)F)c2[nH]c(C(=O)N[C@@H](CC(C)C)C(=O)NC(C#N)CC3CCNC3=O)c(C(F)(F)F)c12. The van der Waals surface area contributed by atoms with Gasteiger partial charge < -0.3 is 25.7 Å². The van der Waals surface area contributed by atoms with Crippen LogP contribution >= 0.6 is 0 Å². The molecule has 1 aliphatic rings. The minimum Gasteiger partial charge on any atom is -0.495 e. The topological polar surface area (TPSA) is 136 Å². The van der Waals surface area contributed by atoms with Crippen LogP contribution in [0, 0.1) is 23.2 Å². The molecule has 2 aromatic rings. The molecule has 2 unspecified atom stereocenters. The van der Waals surface area contributed by atoms with Crippen LogP contribution in [0.25, 0.3) is 10.9 Å². The highest BCUT2D eigenvalue weighted by Crippen LogP contribution is 2.50. The Labute approximate surface area is 243 Å². The number of aromatic amines is 1. The van der Waals surface area contributed by atoms with Crippen molar-refractivity contribution in [3.63, 3.8) is 0 Å². The summed E-state index contributed by atoms with van der Waals surface area (Å²) < 4.78 is 130. The van der Waals surface area contributed by atoms with Crippen LogP contribution in [0.4, 0.5) is 39.5 Å². The Kier molecular flexibility index (Phi) is 9.71. The first-order valence-electron chi connectivity index (χ1n) is 13.0. The van der Waals surface area contributed by atoms with Crippen molar-refractivity contribution in [1.29, 1.82) is 5.26 Å². The monoisotopic (exact) mass is 643 g/mol. The van der Waals surface area contributed by atoms with Crippen molar-refractivity contribution in [2.75, 3.05) is 13.7 Å². The second-order valence-corrected chi connectivity index (χ2v) is 10.5. The Bertz CT molecular complexity index is 1470. The number of ether oxygens (including phenoxy) is 1. The number of H-pyrrole nitrogens is 1. The Hall–Kier alpha value is -4.17. The van der Waals surface area contributed by atoms with Gasteiger partial charge in [0.1, 0.15) is 23.5 Å². The molecule has 242 valence electrons. The maximum atomic E-state index is 14.3.